The number of halogens is 1. The predicted octanol–water partition coefficient (Wildman–Crippen LogP) is 3.39. The van der Waals surface area contributed by atoms with E-state index in [0.717, 1.165) is 22.6 Å². The summed E-state index contributed by atoms with van der Waals surface area (Å²) in [5.41, 5.74) is 2.84. The molecule has 4 rings (SSSR count). The van der Waals surface area contributed by atoms with Gasteiger partial charge in [-0.05, 0) is 40.3 Å². The summed E-state index contributed by atoms with van der Waals surface area (Å²) >= 11 is 6.34. The number of aromatic nitrogens is 4. The van der Waals surface area contributed by atoms with Gasteiger partial charge in [-0.2, -0.15) is 4.68 Å². The Kier molecular flexibility index (Phi) is 3.66. The van der Waals surface area contributed by atoms with Crippen LogP contribution >= 0.6 is 11.6 Å². The maximum Gasteiger partial charge on any atom is 0.248 e. The van der Waals surface area contributed by atoms with Gasteiger partial charge >= 0.3 is 0 Å². The second kappa shape index (κ2) is 5.98. The summed E-state index contributed by atoms with van der Waals surface area (Å²) in [7, 11) is 1.65. The van der Waals surface area contributed by atoms with E-state index in [9.17, 15) is 0 Å². The lowest BCUT2D eigenvalue weighted by Crippen LogP contribution is -2.20. The molecule has 1 atom stereocenters. The fourth-order valence-corrected chi connectivity index (χ4v) is 2.97. The Labute approximate surface area is 143 Å². The quantitative estimate of drug-likeness (QED) is 0.792. The SMILES string of the molecule is COc1ccc([C@@H]2C=C(c3ccccc3Cl)Nc3nnnn32)cc1. The van der Waals surface area contributed by atoms with Crippen LogP contribution in [0.1, 0.15) is 17.2 Å². The van der Waals surface area contributed by atoms with Gasteiger partial charge in [0, 0.05) is 16.3 Å². The number of allylic oxidation sites excluding steroid dienone is 1. The van der Waals surface area contributed by atoms with E-state index in [2.05, 4.69) is 26.9 Å². The number of rotatable bonds is 3. The van der Waals surface area contributed by atoms with Gasteiger partial charge in [0.1, 0.15) is 11.8 Å². The number of hydrogen-bond donors (Lipinski definition) is 1. The van der Waals surface area contributed by atoms with Crippen LogP contribution in [0, 0.1) is 0 Å². The maximum atomic E-state index is 6.34. The summed E-state index contributed by atoms with van der Waals surface area (Å²) in [5.74, 6) is 1.38. The number of benzene rings is 2. The molecule has 3 aromatic rings. The first-order valence-corrected chi connectivity index (χ1v) is 7.79. The highest BCUT2D eigenvalue weighted by Crippen LogP contribution is 2.34. The van der Waals surface area contributed by atoms with Crippen LogP contribution in [0.15, 0.2) is 54.6 Å². The van der Waals surface area contributed by atoms with Crippen LogP contribution in [-0.2, 0) is 0 Å². The molecular weight excluding hydrogens is 326 g/mol. The van der Waals surface area contributed by atoms with Crippen molar-refractivity contribution in [3.8, 4) is 5.75 Å². The molecule has 0 spiro atoms. The van der Waals surface area contributed by atoms with E-state index < -0.39 is 0 Å². The number of ether oxygens (including phenoxy) is 1. The van der Waals surface area contributed by atoms with Crippen molar-refractivity contribution < 1.29 is 4.74 Å². The Bertz CT molecular complexity index is 903. The number of hydrogen-bond acceptors (Lipinski definition) is 5. The predicted molar refractivity (Wildman–Crippen MR) is 92.0 cm³/mol. The molecule has 0 saturated heterocycles. The van der Waals surface area contributed by atoms with Crippen LogP contribution in [0.5, 0.6) is 5.75 Å². The number of methoxy groups -OCH3 is 1. The lowest BCUT2D eigenvalue weighted by Gasteiger charge is -2.24. The molecule has 1 N–H and O–H groups in total. The van der Waals surface area contributed by atoms with Gasteiger partial charge in [-0.15, -0.1) is 0 Å². The van der Waals surface area contributed by atoms with Crippen LogP contribution < -0.4 is 10.1 Å². The minimum atomic E-state index is -0.131. The van der Waals surface area contributed by atoms with Gasteiger partial charge < -0.3 is 10.1 Å². The third kappa shape index (κ3) is 2.51. The van der Waals surface area contributed by atoms with Crippen LogP contribution in [0.2, 0.25) is 5.02 Å². The number of anilines is 1. The number of tetrazole rings is 1. The van der Waals surface area contributed by atoms with Gasteiger partial charge in [0.15, 0.2) is 0 Å². The largest absolute Gasteiger partial charge is 0.497 e. The molecule has 120 valence electrons. The van der Waals surface area contributed by atoms with Crippen LogP contribution in [0.4, 0.5) is 5.95 Å². The second-order valence-electron chi connectivity index (χ2n) is 5.35. The zero-order valence-electron chi connectivity index (χ0n) is 12.8. The molecule has 0 bridgehead atoms. The maximum absolute atomic E-state index is 6.34. The van der Waals surface area contributed by atoms with Crippen molar-refractivity contribution in [2.45, 2.75) is 6.04 Å². The molecule has 0 fully saturated rings. The standard InChI is InChI=1S/C17H14ClN5O/c1-24-12-8-6-11(7-9-12)16-10-15(13-4-2-3-5-14(13)18)19-17-20-21-22-23(16)17/h2-10,16H,1H3,(H,19,20,22)/t16-/m0/s1. The molecule has 2 aromatic carbocycles. The number of nitrogens with one attached hydrogen (secondary N) is 1. The molecule has 0 radical (unpaired) electrons. The van der Waals surface area contributed by atoms with E-state index in [0.29, 0.717) is 11.0 Å². The van der Waals surface area contributed by atoms with Crippen molar-refractivity contribution in [1.29, 1.82) is 0 Å². The topological polar surface area (TPSA) is 64.9 Å². The minimum Gasteiger partial charge on any atom is -0.497 e. The third-order valence-corrected chi connectivity index (χ3v) is 4.28. The molecule has 0 unspecified atom stereocenters. The van der Waals surface area contributed by atoms with Crippen LogP contribution in [-0.4, -0.2) is 27.3 Å². The van der Waals surface area contributed by atoms with Crippen LogP contribution in [0.3, 0.4) is 0 Å². The summed E-state index contributed by atoms with van der Waals surface area (Å²) in [6.07, 6.45) is 2.06. The third-order valence-electron chi connectivity index (χ3n) is 3.95. The molecule has 0 amide bonds. The zero-order valence-corrected chi connectivity index (χ0v) is 13.6. The van der Waals surface area contributed by atoms with E-state index in [1.165, 1.54) is 0 Å². The van der Waals surface area contributed by atoms with Crippen LogP contribution in [0.25, 0.3) is 5.70 Å². The lowest BCUT2D eigenvalue weighted by atomic mass is 10.0. The summed E-state index contributed by atoms with van der Waals surface area (Å²) in [5, 5.41) is 15.8. The Morgan fingerprint density at radius 1 is 1.12 bits per heavy atom. The fourth-order valence-electron chi connectivity index (χ4n) is 2.73. The zero-order chi connectivity index (χ0) is 16.5. The van der Waals surface area contributed by atoms with E-state index in [4.69, 9.17) is 16.3 Å². The van der Waals surface area contributed by atoms with E-state index in [1.54, 1.807) is 11.8 Å². The van der Waals surface area contributed by atoms with Crippen molar-refractivity contribution in [2.75, 3.05) is 12.4 Å². The van der Waals surface area contributed by atoms with E-state index in [1.807, 2.05) is 48.5 Å². The first-order valence-electron chi connectivity index (χ1n) is 7.42. The molecule has 0 aliphatic carbocycles. The monoisotopic (exact) mass is 339 g/mol. The molecule has 1 aromatic heterocycles. The van der Waals surface area contributed by atoms with Crippen molar-refractivity contribution in [3.63, 3.8) is 0 Å². The average Bonchev–Trinajstić information content (AvgIpc) is 3.10. The second-order valence-corrected chi connectivity index (χ2v) is 5.76. The summed E-state index contributed by atoms with van der Waals surface area (Å²) < 4.78 is 6.96. The molecule has 7 heteroatoms. The molecule has 2 heterocycles. The lowest BCUT2D eigenvalue weighted by molar-refractivity contribution is 0.414. The van der Waals surface area contributed by atoms with Crippen molar-refractivity contribution in [2.24, 2.45) is 0 Å². The van der Waals surface area contributed by atoms with Gasteiger partial charge in [-0.3, -0.25) is 0 Å². The van der Waals surface area contributed by atoms with Crippen molar-refractivity contribution in [1.82, 2.24) is 20.2 Å². The van der Waals surface area contributed by atoms with Gasteiger partial charge in [0.2, 0.25) is 5.95 Å². The minimum absolute atomic E-state index is 0.131. The molecule has 24 heavy (non-hydrogen) atoms. The van der Waals surface area contributed by atoms with E-state index in [-0.39, 0.29) is 6.04 Å². The smallest absolute Gasteiger partial charge is 0.248 e. The molecular formula is C17H14ClN5O. The number of nitrogens with zero attached hydrogens (tertiary/aromatic N) is 4. The highest BCUT2D eigenvalue weighted by atomic mass is 35.5. The molecule has 0 saturated carbocycles. The Hall–Kier alpha value is -2.86. The molecule has 1 aliphatic rings. The number of fused-ring (bicyclic) bond motifs is 1. The van der Waals surface area contributed by atoms with Gasteiger partial charge in [-0.25, -0.2) is 0 Å². The van der Waals surface area contributed by atoms with Crippen molar-refractivity contribution in [3.05, 3.63) is 70.8 Å². The Morgan fingerprint density at radius 2 is 1.92 bits per heavy atom. The van der Waals surface area contributed by atoms with E-state index >= 15 is 0 Å². The van der Waals surface area contributed by atoms with Gasteiger partial charge in [-0.1, -0.05) is 47.0 Å². The first kappa shape index (κ1) is 14.7. The highest BCUT2D eigenvalue weighted by Gasteiger charge is 2.25. The Balaban J connectivity index is 1.80. The average molecular weight is 340 g/mol. The highest BCUT2D eigenvalue weighted by molar-refractivity contribution is 6.32. The summed E-state index contributed by atoms with van der Waals surface area (Å²) in [6, 6.07) is 15.4. The molecule has 1 aliphatic heterocycles. The first-order chi connectivity index (χ1) is 11.8. The van der Waals surface area contributed by atoms with Gasteiger partial charge in [0.25, 0.3) is 0 Å². The fraction of sp³-hybridized carbons (Fsp3) is 0.118. The Morgan fingerprint density at radius 3 is 2.67 bits per heavy atom. The molecule has 6 nitrogen and oxygen atoms in total. The summed E-state index contributed by atoms with van der Waals surface area (Å²) in [4.78, 5) is 0. The van der Waals surface area contributed by atoms with Gasteiger partial charge in [0.05, 0.1) is 7.11 Å². The van der Waals surface area contributed by atoms with Crippen molar-refractivity contribution >= 4 is 23.2 Å². The summed E-state index contributed by atoms with van der Waals surface area (Å²) in [6.45, 7) is 0. The normalized spacial score (nSPS) is 16.1.